The van der Waals surface area contributed by atoms with E-state index in [0.717, 1.165) is 0 Å². The summed E-state index contributed by atoms with van der Waals surface area (Å²) in [5.41, 5.74) is 8.23. The van der Waals surface area contributed by atoms with E-state index in [1.54, 1.807) is 0 Å². The number of benzene rings is 7. The molecule has 0 nitrogen and oxygen atoms in total. The fourth-order valence-electron chi connectivity index (χ4n) is 6.61. The van der Waals surface area contributed by atoms with Gasteiger partial charge in [0, 0.05) is 0 Å². The molecule has 0 spiro atoms. The van der Waals surface area contributed by atoms with Crippen LogP contribution in [-0.2, 0) is 0 Å². The SMILES string of the molecule is Cc1c(-c2ccccc2C2CC2)cc(-c2ccc3c4ccccc4c4ccccc4c3c2)c2ccccc12. The highest BCUT2D eigenvalue weighted by Crippen LogP contribution is 2.47. The number of hydrogen-bond acceptors (Lipinski definition) is 0. The van der Waals surface area contributed by atoms with Gasteiger partial charge >= 0.3 is 0 Å². The van der Waals surface area contributed by atoms with E-state index in [4.69, 9.17) is 0 Å². The van der Waals surface area contributed by atoms with Gasteiger partial charge in [-0.1, -0.05) is 109 Å². The van der Waals surface area contributed by atoms with E-state index in [1.165, 1.54) is 89.3 Å². The van der Waals surface area contributed by atoms with Crippen molar-refractivity contribution in [1.82, 2.24) is 0 Å². The lowest BCUT2D eigenvalue weighted by atomic mass is 9.86. The van der Waals surface area contributed by atoms with Gasteiger partial charge in [-0.15, -0.1) is 0 Å². The van der Waals surface area contributed by atoms with Crippen LogP contribution in [0.4, 0.5) is 0 Å². The van der Waals surface area contributed by atoms with E-state index >= 15 is 0 Å². The van der Waals surface area contributed by atoms with E-state index < -0.39 is 0 Å². The van der Waals surface area contributed by atoms with Crippen LogP contribution in [0.3, 0.4) is 0 Å². The molecule has 0 N–H and O–H groups in total. The molecule has 8 rings (SSSR count). The van der Waals surface area contributed by atoms with E-state index in [9.17, 15) is 0 Å². The van der Waals surface area contributed by atoms with Crippen molar-refractivity contribution in [3.05, 3.63) is 132 Å². The van der Waals surface area contributed by atoms with Crippen molar-refractivity contribution in [3.8, 4) is 22.3 Å². The van der Waals surface area contributed by atoms with E-state index in [-0.39, 0.29) is 0 Å². The van der Waals surface area contributed by atoms with Crippen molar-refractivity contribution in [1.29, 1.82) is 0 Å². The Balaban J connectivity index is 1.45. The summed E-state index contributed by atoms with van der Waals surface area (Å²) >= 11 is 0. The average Bonchev–Trinajstić information content (AvgIpc) is 3.83. The lowest BCUT2D eigenvalue weighted by molar-refractivity contribution is 1.13. The summed E-state index contributed by atoms with van der Waals surface area (Å²) < 4.78 is 0. The molecule has 7 aromatic rings. The summed E-state index contributed by atoms with van der Waals surface area (Å²) in [4.78, 5) is 0. The molecule has 0 bridgehead atoms. The predicted molar refractivity (Wildman–Crippen MR) is 164 cm³/mol. The molecule has 0 saturated heterocycles. The minimum atomic E-state index is 0.709. The first kappa shape index (κ1) is 21.6. The molecule has 1 aliphatic carbocycles. The third-order valence-corrected chi connectivity index (χ3v) is 8.64. The second-order valence-electron chi connectivity index (χ2n) is 10.9. The molecule has 0 heterocycles. The normalized spacial score (nSPS) is 13.6. The molecule has 1 fully saturated rings. The highest BCUT2D eigenvalue weighted by atomic mass is 14.3. The maximum atomic E-state index is 2.46. The van der Waals surface area contributed by atoms with Crippen LogP contribution in [0, 0.1) is 6.92 Å². The van der Waals surface area contributed by atoms with Crippen molar-refractivity contribution in [2.45, 2.75) is 25.7 Å². The zero-order chi connectivity index (χ0) is 25.2. The lowest BCUT2D eigenvalue weighted by Crippen LogP contribution is -1.94. The van der Waals surface area contributed by atoms with Gasteiger partial charge in [0.25, 0.3) is 0 Å². The van der Waals surface area contributed by atoms with Crippen LogP contribution >= 0.6 is 0 Å². The Bertz CT molecular complexity index is 2000. The van der Waals surface area contributed by atoms with E-state index in [0.29, 0.717) is 5.92 Å². The first-order valence-corrected chi connectivity index (χ1v) is 13.7. The second kappa shape index (κ2) is 8.30. The Labute approximate surface area is 223 Å². The highest BCUT2D eigenvalue weighted by Gasteiger charge is 2.27. The second-order valence-corrected chi connectivity index (χ2v) is 10.9. The monoisotopic (exact) mass is 484 g/mol. The quantitative estimate of drug-likeness (QED) is 0.219. The molecule has 0 aromatic heterocycles. The summed E-state index contributed by atoms with van der Waals surface area (Å²) in [6, 6.07) is 45.2. The molecule has 0 heteroatoms. The lowest BCUT2D eigenvalue weighted by Gasteiger charge is -2.18. The molecular formula is C38H28. The van der Waals surface area contributed by atoms with Gasteiger partial charge in [-0.25, -0.2) is 0 Å². The third kappa shape index (κ3) is 3.23. The van der Waals surface area contributed by atoms with Gasteiger partial charge in [0.1, 0.15) is 0 Å². The van der Waals surface area contributed by atoms with Gasteiger partial charge in [-0.05, 0) is 114 Å². The Hall–Kier alpha value is -4.42. The van der Waals surface area contributed by atoms with Gasteiger partial charge in [-0.2, -0.15) is 0 Å². The van der Waals surface area contributed by atoms with Crippen LogP contribution < -0.4 is 0 Å². The molecule has 38 heavy (non-hydrogen) atoms. The maximum absolute atomic E-state index is 2.46. The fourth-order valence-corrected chi connectivity index (χ4v) is 6.61. The van der Waals surface area contributed by atoms with Crippen molar-refractivity contribution in [2.75, 3.05) is 0 Å². The molecular weight excluding hydrogens is 456 g/mol. The molecule has 1 aliphatic rings. The van der Waals surface area contributed by atoms with Gasteiger partial charge in [0.05, 0.1) is 0 Å². The van der Waals surface area contributed by atoms with Crippen molar-refractivity contribution in [3.63, 3.8) is 0 Å². The van der Waals surface area contributed by atoms with Crippen LogP contribution in [0.5, 0.6) is 0 Å². The summed E-state index contributed by atoms with van der Waals surface area (Å²) in [5, 5.41) is 10.6. The molecule has 0 amide bonds. The topological polar surface area (TPSA) is 0 Å². The highest BCUT2D eigenvalue weighted by molar-refractivity contribution is 6.26. The first-order valence-electron chi connectivity index (χ1n) is 13.7. The summed E-state index contributed by atoms with van der Waals surface area (Å²) in [6.45, 7) is 2.30. The van der Waals surface area contributed by atoms with Crippen molar-refractivity contribution >= 4 is 43.1 Å². The van der Waals surface area contributed by atoms with Crippen LogP contribution in [0.15, 0.2) is 121 Å². The molecule has 180 valence electrons. The average molecular weight is 485 g/mol. The van der Waals surface area contributed by atoms with Crippen molar-refractivity contribution in [2.24, 2.45) is 0 Å². The number of hydrogen-bond donors (Lipinski definition) is 0. The minimum Gasteiger partial charge on any atom is -0.0619 e. The summed E-state index contributed by atoms with van der Waals surface area (Å²) in [7, 11) is 0. The first-order chi connectivity index (χ1) is 18.8. The van der Waals surface area contributed by atoms with Crippen LogP contribution in [0.25, 0.3) is 65.3 Å². The minimum absolute atomic E-state index is 0.709. The Kier molecular flexibility index (Phi) is 4.73. The van der Waals surface area contributed by atoms with Gasteiger partial charge < -0.3 is 0 Å². The van der Waals surface area contributed by atoms with Crippen LogP contribution in [0.2, 0.25) is 0 Å². The summed E-state index contributed by atoms with van der Waals surface area (Å²) in [6.07, 6.45) is 2.62. The number of fused-ring (bicyclic) bond motifs is 7. The molecule has 7 aromatic carbocycles. The maximum Gasteiger partial charge on any atom is -0.00928 e. The zero-order valence-electron chi connectivity index (χ0n) is 21.5. The Morgan fingerprint density at radius 3 is 1.61 bits per heavy atom. The van der Waals surface area contributed by atoms with Crippen LogP contribution in [-0.4, -0.2) is 0 Å². The van der Waals surface area contributed by atoms with Crippen LogP contribution in [0.1, 0.15) is 29.9 Å². The molecule has 0 atom stereocenters. The van der Waals surface area contributed by atoms with E-state index in [1.807, 2.05) is 0 Å². The largest absolute Gasteiger partial charge is 0.0619 e. The summed E-state index contributed by atoms with van der Waals surface area (Å²) in [5.74, 6) is 0.709. The molecule has 0 unspecified atom stereocenters. The number of rotatable bonds is 3. The van der Waals surface area contributed by atoms with Gasteiger partial charge in [0.2, 0.25) is 0 Å². The molecule has 0 aliphatic heterocycles. The fraction of sp³-hybridized carbons (Fsp3) is 0.105. The van der Waals surface area contributed by atoms with Crippen molar-refractivity contribution < 1.29 is 0 Å². The zero-order valence-corrected chi connectivity index (χ0v) is 21.5. The Morgan fingerprint density at radius 2 is 0.947 bits per heavy atom. The Morgan fingerprint density at radius 1 is 0.421 bits per heavy atom. The third-order valence-electron chi connectivity index (χ3n) is 8.64. The van der Waals surface area contributed by atoms with Gasteiger partial charge in [-0.3, -0.25) is 0 Å². The molecule has 1 saturated carbocycles. The smallest absolute Gasteiger partial charge is 0.00928 e. The number of aryl methyl sites for hydroxylation is 1. The standard InChI is InChI=1S/C38H28/c1-24-27-10-2-4-12-29(27)37(23-36(24)30-13-5-3-11-28(30)25-18-19-25)26-20-21-35-33-16-7-6-14-31(33)32-15-8-9-17-34(32)38(35)22-26/h2-17,20-23,25H,18-19H2,1H3. The van der Waals surface area contributed by atoms with E-state index in [2.05, 4.69) is 128 Å². The van der Waals surface area contributed by atoms with Gasteiger partial charge in [0.15, 0.2) is 0 Å². The molecule has 0 radical (unpaired) electrons. The predicted octanol–water partition coefficient (Wildman–Crippen LogP) is 10.8.